The van der Waals surface area contributed by atoms with Crippen molar-refractivity contribution in [2.75, 3.05) is 13.7 Å². The molecule has 1 aromatic carbocycles. The topological polar surface area (TPSA) is 87.7 Å². The Morgan fingerprint density at radius 3 is 2.65 bits per heavy atom. The van der Waals surface area contributed by atoms with Crippen molar-refractivity contribution in [1.29, 1.82) is 0 Å². The molecule has 6 nitrogen and oxygen atoms in total. The highest BCUT2D eigenvalue weighted by Crippen LogP contribution is 2.40. The van der Waals surface area contributed by atoms with Gasteiger partial charge in [-0.2, -0.15) is 0 Å². The Morgan fingerprint density at radius 2 is 2.08 bits per heavy atom. The van der Waals surface area contributed by atoms with Crippen LogP contribution in [0.3, 0.4) is 0 Å². The van der Waals surface area contributed by atoms with E-state index in [0.29, 0.717) is 13.0 Å². The second-order valence-electron chi connectivity index (χ2n) is 7.79. The van der Waals surface area contributed by atoms with Crippen LogP contribution in [0.4, 0.5) is 0 Å². The molecule has 1 aliphatic rings. The number of carbonyl (C=O) groups is 2. The van der Waals surface area contributed by atoms with E-state index in [1.165, 1.54) is 7.11 Å². The SMILES string of the molecule is COC(=O)[C@@H](NC(=O)[C@H]1C[C@@](C)(c2cccc(O)c2)[C@@H](C)CN1)C(C)C. The summed E-state index contributed by atoms with van der Waals surface area (Å²) in [4.78, 5) is 24.7. The van der Waals surface area contributed by atoms with Gasteiger partial charge in [-0.25, -0.2) is 4.79 Å². The molecule has 1 aromatic rings. The standard InChI is InChI=1S/C20H30N2O4/c1-12(2)17(19(25)26-5)22-18(24)16-10-20(4,13(3)11-21-16)14-7-6-8-15(23)9-14/h6-9,12-13,16-17,21,23H,10-11H2,1-5H3,(H,22,24)/t13-,16+,17-,20+/m0/s1. The number of ether oxygens (including phenoxy) is 1. The lowest BCUT2D eigenvalue weighted by Crippen LogP contribution is -2.58. The predicted octanol–water partition coefficient (Wildman–Crippen LogP) is 1.96. The average Bonchev–Trinajstić information content (AvgIpc) is 2.60. The van der Waals surface area contributed by atoms with Crippen LogP contribution >= 0.6 is 0 Å². The van der Waals surface area contributed by atoms with Gasteiger partial charge in [-0.3, -0.25) is 4.79 Å². The molecule has 1 fully saturated rings. The molecule has 1 saturated heterocycles. The third kappa shape index (κ3) is 4.18. The van der Waals surface area contributed by atoms with Crippen LogP contribution in [0.2, 0.25) is 0 Å². The zero-order valence-corrected chi connectivity index (χ0v) is 16.2. The molecule has 26 heavy (non-hydrogen) atoms. The van der Waals surface area contributed by atoms with Crippen molar-refractivity contribution < 1.29 is 19.4 Å². The summed E-state index contributed by atoms with van der Waals surface area (Å²) >= 11 is 0. The summed E-state index contributed by atoms with van der Waals surface area (Å²) in [5, 5.41) is 16.0. The number of phenols is 1. The molecule has 1 amide bonds. The molecule has 3 N–H and O–H groups in total. The summed E-state index contributed by atoms with van der Waals surface area (Å²) in [7, 11) is 1.32. The first-order valence-electron chi connectivity index (χ1n) is 9.10. The maximum atomic E-state index is 12.8. The molecule has 144 valence electrons. The number of esters is 1. The number of hydrogen-bond acceptors (Lipinski definition) is 5. The molecule has 4 atom stereocenters. The summed E-state index contributed by atoms with van der Waals surface area (Å²) in [6, 6.07) is 6.15. The zero-order chi connectivity index (χ0) is 19.5. The first kappa shape index (κ1) is 20.2. The number of benzene rings is 1. The summed E-state index contributed by atoms with van der Waals surface area (Å²) < 4.78 is 4.80. The number of nitrogens with one attached hydrogen (secondary N) is 2. The Morgan fingerprint density at radius 1 is 1.38 bits per heavy atom. The minimum absolute atomic E-state index is 0.0635. The molecule has 0 radical (unpaired) electrons. The Bertz CT molecular complexity index is 661. The smallest absolute Gasteiger partial charge is 0.328 e. The third-order valence-corrected chi connectivity index (χ3v) is 5.63. The van der Waals surface area contributed by atoms with Gasteiger partial charge < -0.3 is 20.5 Å². The number of methoxy groups -OCH3 is 1. The number of amides is 1. The molecule has 0 aromatic heterocycles. The quantitative estimate of drug-likeness (QED) is 0.697. The zero-order valence-electron chi connectivity index (χ0n) is 16.2. The van der Waals surface area contributed by atoms with E-state index in [-0.39, 0.29) is 28.9 Å². The van der Waals surface area contributed by atoms with Gasteiger partial charge >= 0.3 is 5.97 Å². The minimum Gasteiger partial charge on any atom is -0.508 e. The maximum absolute atomic E-state index is 12.8. The van der Waals surface area contributed by atoms with Gasteiger partial charge in [-0.05, 0) is 47.9 Å². The van der Waals surface area contributed by atoms with Gasteiger partial charge in [0.15, 0.2) is 0 Å². The van der Waals surface area contributed by atoms with Crippen molar-refractivity contribution in [1.82, 2.24) is 10.6 Å². The van der Waals surface area contributed by atoms with Gasteiger partial charge in [-0.15, -0.1) is 0 Å². The number of rotatable bonds is 5. The molecule has 6 heteroatoms. The molecule has 0 bridgehead atoms. The molecule has 0 aliphatic carbocycles. The van der Waals surface area contributed by atoms with Gasteiger partial charge in [0, 0.05) is 0 Å². The Labute approximate surface area is 155 Å². The highest BCUT2D eigenvalue weighted by Gasteiger charge is 2.42. The molecule has 0 spiro atoms. The first-order valence-corrected chi connectivity index (χ1v) is 9.10. The van der Waals surface area contributed by atoms with E-state index in [0.717, 1.165) is 5.56 Å². The van der Waals surface area contributed by atoms with E-state index < -0.39 is 18.1 Å². The number of phenolic OH excluding ortho intramolecular Hbond substituents is 1. The van der Waals surface area contributed by atoms with Crippen LogP contribution < -0.4 is 10.6 Å². The molecule has 1 aliphatic heterocycles. The Kier molecular flexibility index (Phi) is 6.29. The van der Waals surface area contributed by atoms with Crippen LogP contribution in [0.15, 0.2) is 24.3 Å². The fourth-order valence-corrected chi connectivity index (χ4v) is 3.57. The van der Waals surface area contributed by atoms with Crippen molar-refractivity contribution >= 4 is 11.9 Å². The number of hydrogen-bond donors (Lipinski definition) is 3. The third-order valence-electron chi connectivity index (χ3n) is 5.63. The van der Waals surface area contributed by atoms with Crippen LogP contribution in [-0.2, 0) is 19.7 Å². The van der Waals surface area contributed by atoms with Gasteiger partial charge in [-0.1, -0.05) is 39.8 Å². The van der Waals surface area contributed by atoms with Gasteiger partial charge in [0.2, 0.25) is 5.91 Å². The second-order valence-corrected chi connectivity index (χ2v) is 7.79. The Balaban J connectivity index is 2.18. The second kappa shape index (κ2) is 8.08. The average molecular weight is 362 g/mol. The number of carbonyl (C=O) groups excluding carboxylic acids is 2. The molecule has 2 rings (SSSR count). The molecular weight excluding hydrogens is 332 g/mol. The van der Waals surface area contributed by atoms with Crippen molar-refractivity contribution in [3.63, 3.8) is 0 Å². The molecular formula is C20H30N2O4. The molecule has 0 saturated carbocycles. The molecule has 1 heterocycles. The predicted molar refractivity (Wildman–Crippen MR) is 99.8 cm³/mol. The first-order chi connectivity index (χ1) is 12.2. The van der Waals surface area contributed by atoms with Crippen LogP contribution in [0.5, 0.6) is 5.75 Å². The van der Waals surface area contributed by atoms with Crippen molar-refractivity contribution in [3.8, 4) is 5.75 Å². The lowest BCUT2D eigenvalue weighted by atomic mass is 9.66. The lowest BCUT2D eigenvalue weighted by Gasteiger charge is -2.44. The van der Waals surface area contributed by atoms with Crippen molar-refractivity contribution in [2.45, 2.75) is 51.6 Å². The number of aromatic hydroxyl groups is 1. The van der Waals surface area contributed by atoms with Gasteiger partial charge in [0.05, 0.1) is 13.2 Å². The maximum Gasteiger partial charge on any atom is 0.328 e. The van der Waals surface area contributed by atoms with Crippen molar-refractivity contribution in [2.24, 2.45) is 11.8 Å². The van der Waals surface area contributed by atoms with Gasteiger partial charge in [0.1, 0.15) is 11.8 Å². The fraction of sp³-hybridized carbons (Fsp3) is 0.600. The van der Waals surface area contributed by atoms with Crippen LogP contribution in [0.25, 0.3) is 0 Å². The van der Waals surface area contributed by atoms with Crippen LogP contribution in [-0.4, -0.2) is 42.7 Å². The van der Waals surface area contributed by atoms with E-state index in [1.54, 1.807) is 12.1 Å². The normalized spacial score (nSPS) is 27.0. The summed E-state index contributed by atoms with van der Waals surface area (Å²) in [6.45, 7) is 8.67. The largest absolute Gasteiger partial charge is 0.508 e. The monoisotopic (exact) mass is 362 g/mol. The van der Waals surface area contributed by atoms with E-state index in [4.69, 9.17) is 4.74 Å². The van der Waals surface area contributed by atoms with E-state index >= 15 is 0 Å². The van der Waals surface area contributed by atoms with E-state index in [1.807, 2.05) is 26.0 Å². The van der Waals surface area contributed by atoms with Crippen LogP contribution in [0, 0.1) is 11.8 Å². The number of piperidine rings is 1. The van der Waals surface area contributed by atoms with E-state index in [9.17, 15) is 14.7 Å². The highest BCUT2D eigenvalue weighted by atomic mass is 16.5. The summed E-state index contributed by atoms with van der Waals surface area (Å²) in [6.07, 6.45) is 0.579. The summed E-state index contributed by atoms with van der Waals surface area (Å²) in [5.41, 5.74) is 0.752. The minimum atomic E-state index is -0.666. The summed E-state index contributed by atoms with van der Waals surface area (Å²) in [5.74, 6) is -0.192. The lowest BCUT2D eigenvalue weighted by molar-refractivity contribution is -0.146. The highest BCUT2D eigenvalue weighted by molar-refractivity contribution is 5.87. The Hall–Kier alpha value is -2.08. The van der Waals surface area contributed by atoms with E-state index in [2.05, 4.69) is 24.5 Å². The molecule has 0 unspecified atom stereocenters. The van der Waals surface area contributed by atoms with Crippen LogP contribution in [0.1, 0.15) is 39.7 Å². The van der Waals surface area contributed by atoms with Gasteiger partial charge in [0.25, 0.3) is 0 Å². The fourth-order valence-electron chi connectivity index (χ4n) is 3.57. The van der Waals surface area contributed by atoms with Crippen molar-refractivity contribution in [3.05, 3.63) is 29.8 Å².